The average molecular weight is 225 g/mol. The fourth-order valence-electron chi connectivity index (χ4n) is 1.50. The Labute approximate surface area is 96.2 Å². The van der Waals surface area contributed by atoms with Crippen molar-refractivity contribution in [2.24, 2.45) is 0 Å². The zero-order valence-electron chi connectivity index (χ0n) is 9.82. The summed E-state index contributed by atoms with van der Waals surface area (Å²) in [6.07, 6.45) is 0. The van der Waals surface area contributed by atoms with Crippen molar-refractivity contribution in [2.45, 2.75) is 13.5 Å². The molecule has 1 aromatic carbocycles. The predicted octanol–water partition coefficient (Wildman–Crippen LogP) is 1.18. The maximum atomic E-state index is 8.69. The number of hydrogen-bond donors (Lipinski definition) is 2. The van der Waals surface area contributed by atoms with Crippen LogP contribution in [0, 0.1) is 0 Å². The maximum absolute atomic E-state index is 8.69. The Hall–Kier alpha value is -1.26. The Morgan fingerprint density at radius 3 is 2.81 bits per heavy atom. The van der Waals surface area contributed by atoms with Crippen molar-refractivity contribution in [1.82, 2.24) is 5.32 Å². The van der Waals surface area contributed by atoms with E-state index in [1.807, 2.05) is 25.1 Å². The lowest BCUT2D eigenvalue weighted by Gasteiger charge is -2.13. The topological polar surface area (TPSA) is 50.7 Å². The molecule has 0 saturated carbocycles. The largest absolute Gasteiger partial charge is 0.493 e. The van der Waals surface area contributed by atoms with Gasteiger partial charge in [0, 0.05) is 18.7 Å². The molecule has 0 aliphatic heterocycles. The smallest absolute Gasteiger partial charge is 0.165 e. The number of ether oxygens (including phenoxy) is 2. The molecular weight excluding hydrogens is 206 g/mol. The highest BCUT2D eigenvalue weighted by molar-refractivity contribution is 5.46. The number of methoxy groups -OCH3 is 1. The van der Waals surface area contributed by atoms with Crippen LogP contribution in [0.3, 0.4) is 0 Å². The molecule has 16 heavy (non-hydrogen) atoms. The summed E-state index contributed by atoms with van der Waals surface area (Å²) < 4.78 is 10.8. The molecular formula is C12H19NO3. The normalized spacial score (nSPS) is 10.2. The first-order valence-electron chi connectivity index (χ1n) is 5.43. The Balaban J connectivity index is 2.77. The molecule has 0 bridgehead atoms. The first-order chi connectivity index (χ1) is 7.83. The first kappa shape index (κ1) is 12.8. The van der Waals surface area contributed by atoms with Crippen LogP contribution >= 0.6 is 0 Å². The lowest BCUT2D eigenvalue weighted by Crippen LogP contribution is -2.18. The van der Waals surface area contributed by atoms with E-state index in [1.165, 1.54) is 0 Å². The van der Waals surface area contributed by atoms with E-state index in [1.54, 1.807) is 7.11 Å². The summed E-state index contributed by atoms with van der Waals surface area (Å²) in [6, 6.07) is 5.80. The van der Waals surface area contributed by atoms with Crippen LogP contribution in [0.5, 0.6) is 11.5 Å². The van der Waals surface area contributed by atoms with Crippen LogP contribution in [-0.4, -0.2) is 32.0 Å². The second-order valence-corrected chi connectivity index (χ2v) is 3.28. The monoisotopic (exact) mass is 225 g/mol. The highest BCUT2D eigenvalue weighted by Crippen LogP contribution is 2.30. The van der Waals surface area contributed by atoms with Crippen LogP contribution in [-0.2, 0) is 6.54 Å². The molecule has 0 amide bonds. The number of para-hydroxylation sites is 1. The molecule has 4 heteroatoms. The van der Waals surface area contributed by atoms with Gasteiger partial charge < -0.3 is 19.9 Å². The van der Waals surface area contributed by atoms with Crippen molar-refractivity contribution in [3.8, 4) is 11.5 Å². The molecule has 90 valence electrons. The third-order valence-corrected chi connectivity index (χ3v) is 2.17. The third-order valence-electron chi connectivity index (χ3n) is 2.17. The van der Waals surface area contributed by atoms with Gasteiger partial charge in [-0.2, -0.15) is 0 Å². The molecule has 0 radical (unpaired) electrons. The summed E-state index contributed by atoms with van der Waals surface area (Å²) in [6.45, 7) is 3.92. The molecule has 0 unspecified atom stereocenters. The highest BCUT2D eigenvalue weighted by Gasteiger charge is 2.08. The van der Waals surface area contributed by atoms with Crippen LogP contribution in [0.15, 0.2) is 18.2 Å². The highest BCUT2D eigenvalue weighted by atomic mass is 16.5. The zero-order chi connectivity index (χ0) is 11.8. The molecule has 0 aliphatic carbocycles. The molecule has 0 saturated heterocycles. The van der Waals surface area contributed by atoms with E-state index in [0.717, 1.165) is 17.1 Å². The number of nitrogens with one attached hydrogen (secondary N) is 1. The maximum Gasteiger partial charge on any atom is 0.165 e. The van der Waals surface area contributed by atoms with Crippen molar-refractivity contribution < 1.29 is 14.6 Å². The first-order valence-corrected chi connectivity index (χ1v) is 5.43. The van der Waals surface area contributed by atoms with Gasteiger partial charge >= 0.3 is 0 Å². The number of benzene rings is 1. The molecule has 1 rings (SSSR count). The number of hydrogen-bond acceptors (Lipinski definition) is 4. The van der Waals surface area contributed by atoms with E-state index in [4.69, 9.17) is 14.6 Å². The van der Waals surface area contributed by atoms with Crippen molar-refractivity contribution in [3.05, 3.63) is 23.8 Å². The Kier molecular flexibility index (Phi) is 5.67. The molecule has 1 aromatic rings. The van der Waals surface area contributed by atoms with E-state index in [-0.39, 0.29) is 6.61 Å². The fourth-order valence-corrected chi connectivity index (χ4v) is 1.50. The minimum absolute atomic E-state index is 0.132. The summed E-state index contributed by atoms with van der Waals surface area (Å²) in [5, 5.41) is 11.8. The molecule has 0 aromatic heterocycles. The Morgan fingerprint density at radius 1 is 1.38 bits per heavy atom. The molecule has 0 spiro atoms. The fraction of sp³-hybridized carbons (Fsp3) is 0.500. The summed E-state index contributed by atoms with van der Waals surface area (Å²) in [4.78, 5) is 0. The summed E-state index contributed by atoms with van der Waals surface area (Å²) in [5.41, 5.74) is 1.03. The van der Waals surface area contributed by atoms with Gasteiger partial charge in [0.2, 0.25) is 0 Å². The number of rotatable bonds is 7. The van der Waals surface area contributed by atoms with Crippen molar-refractivity contribution in [1.29, 1.82) is 0 Å². The Morgan fingerprint density at radius 2 is 2.19 bits per heavy atom. The van der Waals surface area contributed by atoms with Gasteiger partial charge in [-0.3, -0.25) is 0 Å². The van der Waals surface area contributed by atoms with Gasteiger partial charge in [0.05, 0.1) is 20.3 Å². The van der Waals surface area contributed by atoms with Crippen LogP contribution in [0.2, 0.25) is 0 Å². The summed E-state index contributed by atoms with van der Waals surface area (Å²) >= 11 is 0. The van der Waals surface area contributed by atoms with Gasteiger partial charge in [0.25, 0.3) is 0 Å². The minimum atomic E-state index is 0.132. The number of aliphatic hydroxyl groups is 1. The lowest BCUT2D eigenvalue weighted by molar-refractivity contribution is 0.290. The van der Waals surface area contributed by atoms with Gasteiger partial charge in [-0.25, -0.2) is 0 Å². The van der Waals surface area contributed by atoms with Gasteiger partial charge in [-0.1, -0.05) is 12.1 Å². The summed E-state index contributed by atoms with van der Waals surface area (Å²) in [5.74, 6) is 1.52. The molecule has 4 nitrogen and oxygen atoms in total. The molecule has 0 heterocycles. The SMILES string of the molecule is CCOc1cccc(CNCCO)c1OC. The van der Waals surface area contributed by atoms with E-state index in [9.17, 15) is 0 Å². The minimum Gasteiger partial charge on any atom is -0.493 e. The quantitative estimate of drug-likeness (QED) is 0.684. The number of aliphatic hydroxyl groups excluding tert-OH is 1. The van der Waals surface area contributed by atoms with Crippen LogP contribution in [0.1, 0.15) is 12.5 Å². The molecule has 2 N–H and O–H groups in total. The summed E-state index contributed by atoms with van der Waals surface area (Å²) in [7, 11) is 1.63. The second kappa shape index (κ2) is 7.09. The lowest BCUT2D eigenvalue weighted by atomic mass is 10.2. The zero-order valence-corrected chi connectivity index (χ0v) is 9.82. The second-order valence-electron chi connectivity index (χ2n) is 3.28. The van der Waals surface area contributed by atoms with E-state index < -0.39 is 0 Å². The van der Waals surface area contributed by atoms with Gasteiger partial charge in [0.1, 0.15) is 0 Å². The standard InChI is InChI=1S/C12H19NO3/c1-3-16-11-6-4-5-10(12(11)15-2)9-13-7-8-14/h4-6,13-14H,3,7-9H2,1-2H3. The van der Waals surface area contributed by atoms with E-state index in [0.29, 0.717) is 19.7 Å². The van der Waals surface area contributed by atoms with Crippen LogP contribution < -0.4 is 14.8 Å². The van der Waals surface area contributed by atoms with Crippen molar-refractivity contribution >= 4 is 0 Å². The Bertz CT molecular complexity index is 315. The molecule has 0 aliphatic rings. The van der Waals surface area contributed by atoms with Gasteiger partial charge in [-0.05, 0) is 13.0 Å². The average Bonchev–Trinajstić information content (AvgIpc) is 2.30. The van der Waals surface area contributed by atoms with Crippen molar-refractivity contribution in [3.63, 3.8) is 0 Å². The predicted molar refractivity (Wildman–Crippen MR) is 63.0 cm³/mol. The van der Waals surface area contributed by atoms with Gasteiger partial charge in [0.15, 0.2) is 11.5 Å². The van der Waals surface area contributed by atoms with Gasteiger partial charge in [-0.15, -0.1) is 0 Å². The third kappa shape index (κ3) is 3.40. The van der Waals surface area contributed by atoms with E-state index >= 15 is 0 Å². The molecule has 0 fully saturated rings. The van der Waals surface area contributed by atoms with E-state index in [2.05, 4.69) is 5.32 Å². The van der Waals surface area contributed by atoms with Crippen molar-refractivity contribution in [2.75, 3.05) is 26.9 Å². The van der Waals surface area contributed by atoms with Crippen LogP contribution in [0.4, 0.5) is 0 Å². The molecule has 0 atom stereocenters. The van der Waals surface area contributed by atoms with Crippen LogP contribution in [0.25, 0.3) is 0 Å².